The van der Waals surface area contributed by atoms with E-state index < -0.39 is 198 Å². The summed E-state index contributed by atoms with van der Waals surface area (Å²) in [6, 6.07) is 20.2. The van der Waals surface area contributed by atoms with Crippen molar-refractivity contribution < 1.29 is 111 Å². The minimum atomic E-state index is -5.30. The smallest absolute Gasteiger partial charge is 0.737 e. The summed E-state index contributed by atoms with van der Waals surface area (Å²) >= 11 is 2.11. The number of nitrogens with zero attached hydrogens (tertiary/aromatic N) is 10. The zero-order chi connectivity index (χ0) is 102. The highest BCUT2D eigenvalue weighted by atomic mass is 32.2. The fraction of sp³-hybridized carbons (Fsp3) is 0.402. The van der Waals surface area contributed by atoms with Crippen LogP contribution in [0.4, 0.5) is 26.0 Å². The fourth-order valence-electron chi connectivity index (χ4n) is 17.1. The molecule has 744 valence electrons. The van der Waals surface area contributed by atoms with E-state index in [0.717, 1.165) is 42.7 Å². The molecule has 0 spiro atoms. The Kier molecular flexibility index (Phi) is 34.6. The van der Waals surface area contributed by atoms with Crippen molar-refractivity contribution in [3.05, 3.63) is 171 Å². The summed E-state index contributed by atoms with van der Waals surface area (Å²) < 4.78 is 119. The van der Waals surface area contributed by atoms with E-state index >= 15 is 8.63 Å². The summed E-state index contributed by atoms with van der Waals surface area (Å²) in [5.41, 5.74) is 9.14. The maximum Gasteiger partial charge on any atom is 0.737 e. The summed E-state index contributed by atoms with van der Waals surface area (Å²) in [5, 5.41) is 42.1. The van der Waals surface area contributed by atoms with Gasteiger partial charge in [0, 0.05) is 182 Å². The third-order valence-electron chi connectivity index (χ3n) is 24.1. The number of nitrogens with one attached hydrogen (secondary N) is 6. The first kappa shape index (κ1) is 106. The number of allylic oxidation sites excluding steroid dienone is 2. The van der Waals surface area contributed by atoms with Gasteiger partial charge in [0.2, 0.25) is 45.0 Å². The lowest BCUT2D eigenvalue weighted by atomic mass is 9.90. The van der Waals surface area contributed by atoms with Gasteiger partial charge in [-0.3, -0.25) is 62.6 Å². The zero-order valence-electron chi connectivity index (χ0n) is 78.4. The van der Waals surface area contributed by atoms with Gasteiger partial charge in [0.1, 0.15) is 63.9 Å². The first-order valence-corrected chi connectivity index (χ1v) is 56.7. The van der Waals surface area contributed by atoms with E-state index in [4.69, 9.17) is 14.3 Å². The van der Waals surface area contributed by atoms with E-state index in [1.165, 1.54) is 91.9 Å². The van der Waals surface area contributed by atoms with Crippen LogP contribution in [0.25, 0.3) is 50.7 Å². The fourth-order valence-corrected chi connectivity index (χ4v) is 30.6. The topological polar surface area (TPSA) is 563 Å². The number of aromatic nitrogens is 7. The maximum atomic E-state index is 16.2. The van der Waals surface area contributed by atoms with E-state index in [2.05, 4.69) is 78.5 Å². The Morgan fingerprint density at radius 1 is 0.786 bits per heavy atom. The number of amides is 5. The van der Waals surface area contributed by atoms with Crippen LogP contribution in [0.15, 0.2) is 152 Å². The molecule has 48 heteroatoms. The number of hydrogen-bond acceptors (Lipinski definition) is 29. The molecule has 7 aromatic rings. The molecule has 140 heavy (non-hydrogen) atoms. The van der Waals surface area contributed by atoms with Crippen molar-refractivity contribution >= 4 is 183 Å². The number of fused-ring (bicyclic) bond motifs is 5. The SMILES string of the molecule is CCN(CC)c1ccc2c(-c3ccc(S(=O)(=O)NCCCC(=O)CCC[Si](C)(C)O[Si](C)(C)CSc4ncc(CN5C(=O)CC(SC[C@H](CC(=O)[C@H](CNC(=O)CCc6ccc7n6[B-](F)(F)[N+]6=C(C)C=CC6=C7)NC(=O)[C@H](CC(=O)O)CC(=O)CC[C@H](NC(=O)c6ccc(NCc7cnc8nc(N)[nH]c(=O)c8n7)cc6)C(=O)O)C(=O)O)C5=O)cn4)cc3S(=O)(=O)[O-])c3ccc(=[N+](CC)CC)cc-3oc2c1. The van der Waals surface area contributed by atoms with Crippen molar-refractivity contribution in [3.63, 3.8) is 0 Å². The molecule has 0 bridgehead atoms. The number of anilines is 3. The number of aliphatic carboxylic acids is 3. The molecule has 1 saturated heterocycles. The number of thioether (sulfide) groups is 2. The molecule has 0 saturated carbocycles. The Hall–Kier alpha value is -12.7. The van der Waals surface area contributed by atoms with Gasteiger partial charge in [0.05, 0.1) is 64.3 Å². The number of carboxylic acid groups (broad SMARTS) is 3. The van der Waals surface area contributed by atoms with Crippen LogP contribution in [0.3, 0.4) is 0 Å². The van der Waals surface area contributed by atoms with E-state index in [1.807, 2.05) is 65.1 Å². The first-order valence-electron chi connectivity index (χ1n) is 45.5. The van der Waals surface area contributed by atoms with Gasteiger partial charge in [-0.2, -0.15) is 4.98 Å². The molecule has 1 aliphatic carbocycles. The number of carbonyl (C=O) groups is 11. The monoisotopic (exact) mass is 2040 g/mol. The van der Waals surface area contributed by atoms with Crippen LogP contribution in [-0.2, 0) is 91.7 Å². The van der Waals surface area contributed by atoms with Crippen molar-refractivity contribution in [1.82, 2.24) is 64.5 Å². The molecule has 39 nitrogen and oxygen atoms in total. The summed E-state index contributed by atoms with van der Waals surface area (Å²) in [6.07, 6.45) is 4.74. The molecular weight excluding hydrogens is 1930 g/mol. The molecular formula is C92H110BF2N17O22S4Si2. The molecule has 4 aliphatic heterocycles. The molecule has 5 amide bonds. The van der Waals surface area contributed by atoms with Crippen LogP contribution in [-0.4, -0.2) is 242 Å². The quantitative estimate of drug-likeness (QED) is 0.00250. The Morgan fingerprint density at radius 2 is 1.50 bits per heavy atom. The minimum absolute atomic E-state index is 0.000225. The van der Waals surface area contributed by atoms with Crippen LogP contribution >= 0.6 is 23.5 Å². The molecule has 11 N–H and O–H groups in total. The molecule has 1 unspecified atom stereocenters. The number of ketones is 3. The van der Waals surface area contributed by atoms with Crippen molar-refractivity contribution in [2.75, 3.05) is 66.3 Å². The van der Waals surface area contributed by atoms with Gasteiger partial charge in [-0.15, -0.1) is 11.8 Å². The Morgan fingerprint density at radius 3 is 2.19 bits per heavy atom. The lowest BCUT2D eigenvalue weighted by molar-refractivity contribution is -0.361. The number of sulfonamides is 1. The average Bonchev–Trinajstić information content (AvgIpc) is 1.24. The van der Waals surface area contributed by atoms with Crippen molar-refractivity contribution in [1.29, 1.82) is 0 Å². The number of benzene rings is 4. The highest BCUT2D eigenvalue weighted by Gasteiger charge is 2.52. The van der Waals surface area contributed by atoms with Gasteiger partial charge in [-0.05, 0) is 158 Å². The van der Waals surface area contributed by atoms with Gasteiger partial charge in [0.15, 0.2) is 44.4 Å². The molecule has 8 heterocycles. The largest absolute Gasteiger partial charge is 0.744 e. The summed E-state index contributed by atoms with van der Waals surface area (Å²) in [6.45, 7) is 15.0. The van der Waals surface area contributed by atoms with Gasteiger partial charge in [-0.1, -0.05) is 17.8 Å². The lowest BCUT2D eigenvalue weighted by Gasteiger charge is -2.33. The molecule has 0 radical (unpaired) electrons. The van der Waals surface area contributed by atoms with Crippen molar-refractivity contribution in [3.8, 4) is 22.5 Å². The Balaban J connectivity index is 0.608. The van der Waals surface area contributed by atoms with E-state index in [1.54, 1.807) is 24.3 Å². The first-order chi connectivity index (χ1) is 66.3. The minimum Gasteiger partial charge on any atom is -0.744 e. The third-order valence-corrected chi connectivity index (χ3v) is 37.6. The third kappa shape index (κ3) is 26.7. The molecule has 1 fully saturated rings. The van der Waals surface area contributed by atoms with Crippen LogP contribution in [0.1, 0.15) is 138 Å². The molecule has 3 aromatic carbocycles. The second-order valence-corrected chi connectivity index (χ2v) is 49.9. The summed E-state index contributed by atoms with van der Waals surface area (Å²) in [7, 11) is -14.6. The number of imide groups is 1. The maximum absolute atomic E-state index is 16.2. The highest BCUT2D eigenvalue weighted by molar-refractivity contribution is 8.01. The van der Waals surface area contributed by atoms with Crippen LogP contribution in [0.2, 0.25) is 32.2 Å². The summed E-state index contributed by atoms with van der Waals surface area (Å²) in [5.74, 6) is -14.5. The predicted octanol–water partition coefficient (Wildman–Crippen LogP) is 8.33. The number of carboxylic acids is 3. The average molecular weight is 2040 g/mol. The second kappa shape index (κ2) is 45.7. The summed E-state index contributed by atoms with van der Waals surface area (Å²) in [4.78, 5) is 186. The predicted molar refractivity (Wildman–Crippen MR) is 524 cm³/mol. The van der Waals surface area contributed by atoms with Crippen molar-refractivity contribution in [2.45, 2.75) is 189 Å². The van der Waals surface area contributed by atoms with Crippen LogP contribution in [0.5, 0.6) is 0 Å². The van der Waals surface area contributed by atoms with E-state index in [9.17, 15) is 94.2 Å². The molecule has 5 atom stereocenters. The van der Waals surface area contributed by atoms with Gasteiger partial charge < -0.3 is 77.9 Å². The highest BCUT2D eigenvalue weighted by Crippen LogP contribution is 2.44. The molecule has 12 rings (SSSR count). The standard InChI is InChI=1S/C92H110BF2N17O22S4Si2/c1-10-108(11-2)62-26-31-69-75(42-62)133-76-43-63(109(12-3)13-4)27-32-70(76)82(69)71-33-30-68(44-78(71)138(130,131)132)137(128,129)102-36-14-16-66(113)17-15-37-139(6,7)134-140(8,9)53-136-92-100-46-55(47-101-92)51-110-80(117)45-77(88(110)123)135-52-58(89(124)125)39-74(115)73(50-98-79(116)35-28-61-24-25-65-41-64-23-18-54(5)111(64)93(94,95)112(61)65)105-86(121)57(40-81(118)119)38-67(114)29-34-72(90(126)127)104-85(120)56-19-21-59(22-20-56)97-48-60-49-99-84-83(103-60)87(122)107-91(96)106-84/h18-27,30-33,41-44,46-47,49,57-58,72-73,77,102H,10-17,28-29,34-40,45,48,50-53H2,1-9H3,(H10-,96,97,98,99,104,105,106,107,116,118,119,120,121,122,124,125,126,127,130,131,132)/t57-,58-,72-,73-,77?/m0/s1. The number of rotatable bonds is 51. The number of nitrogen functional groups attached to an aromatic ring is 1. The number of nitrogens with two attached hydrogens (primary N) is 1. The number of Topliss-reactive ketones (excluding diaryl/α,β-unsaturated/α-hetero) is 3. The number of halogens is 2. The van der Waals surface area contributed by atoms with E-state index in [0.29, 0.717) is 94.0 Å². The Labute approximate surface area is 815 Å². The Bertz CT molecular complexity index is 6780. The van der Waals surface area contributed by atoms with Crippen LogP contribution < -0.4 is 52.1 Å². The van der Waals surface area contributed by atoms with E-state index in [-0.39, 0.29) is 109 Å². The molecule has 5 aliphatic rings. The number of aryl methyl sites for hydroxylation is 1. The van der Waals surface area contributed by atoms with Gasteiger partial charge in [-0.25, -0.2) is 50.9 Å². The normalized spacial score (nSPS) is 15.1. The molecule has 4 aromatic heterocycles. The van der Waals surface area contributed by atoms with Gasteiger partial charge in [0.25, 0.3) is 11.5 Å². The second-order valence-electron chi connectivity index (χ2n) is 35.4. The number of carbonyl (C=O) groups excluding carboxylic acids is 8. The number of H-pyrrole nitrogens is 1. The number of aromatic amines is 1. The van der Waals surface area contributed by atoms with Gasteiger partial charge >= 0.3 is 24.9 Å². The number of hydrogen-bond donors (Lipinski definition) is 10. The lowest BCUT2D eigenvalue weighted by Crippen LogP contribution is -2.51. The van der Waals surface area contributed by atoms with Crippen molar-refractivity contribution in [2.24, 2.45) is 11.8 Å². The number of likely N-dealkylation sites (tertiary alicyclic amines) is 1. The zero-order valence-corrected chi connectivity index (χ0v) is 83.7. The van der Waals surface area contributed by atoms with Crippen LogP contribution in [0, 0.1) is 11.8 Å².